The molecule has 0 N–H and O–H groups in total. The van der Waals surface area contributed by atoms with Crippen LogP contribution in [0, 0.1) is 19.8 Å². The Morgan fingerprint density at radius 2 is 1.93 bits per heavy atom. The van der Waals surface area contributed by atoms with Crippen molar-refractivity contribution in [2.75, 3.05) is 24.5 Å². The smallest absolute Gasteiger partial charge is 0.252 e. The molecule has 0 saturated carbocycles. The van der Waals surface area contributed by atoms with Gasteiger partial charge in [0.05, 0.1) is 5.92 Å². The van der Waals surface area contributed by atoms with Gasteiger partial charge in [-0.15, -0.1) is 11.3 Å². The molecule has 1 unspecified atom stereocenters. The van der Waals surface area contributed by atoms with Gasteiger partial charge in [-0.05, 0) is 63.3 Å². The fourth-order valence-electron chi connectivity index (χ4n) is 4.22. The number of aryl methyl sites for hydroxylation is 3. The Balaban J connectivity index is 1.55. The second-order valence-corrected chi connectivity index (χ2v) is 11.2. The average molecular weight is 419 g/mol. The van der Waals surface area contributed by atoms with Crippen molar-refractivity contribution in [2.45, 2.75) is 43.7 Å². The van der Waals surface area contributed by atoms with E-state index >= 15 is 0 Å². The highest BCUT2D eigenvalue weighted by Gasteiger charge is 2.36. The average Bonchev–Trinajstić information content (AvgIpc) is 3.14. The molecule has 1 fully saturated rings. The van der Waals surface area contributed by atoms with Crippen LogP contribution in [0.1, 0.15) is 35.3 Å². The number of hydrogen-bond acceptors (Lipinski definition) is 4. The molecule has 2 aliphatic rings. The van der Waals surface area contributed by atoms with Crippen LogP contribution in [-0.2, 0) is 21.2 Å². The SMILES string of the molecule is Cc1ccc2c(c1)CCCN2C(=O)C1CCCN(S(=O)(=O)c2ccc(C)s2)C1. The van der Waals surface area contributed by atoms with Crippen LogP contribution >= 0.6 is 11.3 Å². The fraction of sp³-hybridized carbons (Fsp3) is 0.476. The van der Waals surface area contributed by atoms with Crippen molar-refractivity contribution in [1.82, 2.24) is 4.31 Å². The van der Waals surface area contributed by atoms with E-state index in [0.29, 0.717) is 23.7 Å². The molecule has 2 aromatic rings. The number of fused-ring (bicyclic) bond motifs is 1. The van der Waals surface area contributed by atoms with E-state index in [1.165, 1.54) is 26.8 Å². The highest BCUT2D eigenvalue weighted by molar-refractivity contribution is 7.91. The van der Waals surface area contributed by atoms with Crippen LogP contribution in [0.2, 0.25) is 0 Å². The minimum Gasteiger partial charge on any atom is -0.312 e. The number of benzene rings is 1. The van der Waals surface area contributed by atoms with Gasteiger partial charge in [0.15, 0.2) is 0 Å². The summed E-state index contributed by atoms with van der Waals surface area (Å²) in [5.41, 5.74) is 3.42. The van der Waals surface area contributed by atoms with E-state index < -0.39 is 10.0 Å². The highest BCUT2D eigenvalue weighted by atomic mass is 32.2. The maximum absolute atomic E-state index is 13.3. The fourth-order valence-corrected chi connectivity index (χ4v) is 7.18. The van der Waals surface area contributed by atoms with Gasteiger partial charge >= 0.3 is 0 Å². The van der Waals surface area contributed by atoms with Gasteiger partial charge in [0, 0.05) is 30.2 Å². The van der Waals surface area contributed by atoms with Crippen molar-refractivity contribution in [3.05, 3.63) is 46.3 Å². The quantitative estimate of drug-likeness (QED) is 0.763. The number of carbonyl (C=O) groups is 1. The van der Waals surface area contributed by atoms with E-state index in [0.717, 1.165) is 29.8 Å². The lowest BCUT2D eigenvalue weighted by Gasteiger charge is -2.36. The minimum absolute atomic E-state index is 0.0621. The van der Waals surface area contributed by atoms with Crippen molar-refractivity contribution >= 4 is 33.0 Å². The van der Waals surface area contributed by atoms with E-state index in [4.69, 9.17) is 0 Å². The molecule has 28 heavy (non-hydrogen) atoms. The van der Waals surface area contributed by atoms with E-state index in [9.17, 15) is 13.2 Å². The largest absolute Gasteiger partial charge is 0.312 e. The standard InChI is InChI=1S/C21H26N2O3S2/c1-15-7-9-19-17(13-15)5-4-12-23(19)21(24)18-6-3-11-22(14-18)28(25,26)20-10-8-16(2)27-20/h7-10,13,18H,3-6,11-12,14H2,1-2H3. The molecule has 1 amide bonds. The molecule has 0 spiro atoms. The van der Waals surface area contributed by atoms with E-state index in [1.54, 1.807) is 6.07 Å². The molecule has 1 atom stereocenters. The van der Waals surface area contributed by atoms with E-state index in [1.807, 2.05) is 30.0 Å². The summed E-state index contributed by atoms with van der Waals surface area (Å²) in [7, 11) is -3.52. The van der Waals surface area contributed by atoms with Gasteiger partial charge in [-0.2, -0.15) is 4.31 Å². The maximum atomic E-state index is 13.3. The second-order valence-electron chi connectivity index (χ2n) is 7.79. The molecule has 3 heterocycles. The number of nitrogens with zero attached hydrogens (tertiary/aromatic N) is 2. The lowest BCUT2D eigenvalue weighted by atomic mass is 9.94. The van der Waals surface area contributed by atoms with Crippen LogP contribution in [0.15, 0.2) is 34.5 Å². The molecule has 1 saturated heterocycles. The van der Waals surface area contributed by atoms with Crippen LogP contribution in [-0.4, -0.2) is 38.3 Å². The summed E-state index contributed by atoms with van der Waals surface area (Å²) >= 11 is 1.29. The summed E-state index contributed by atoms with van der Waals surface area (Å²) in [6.45, 7) is 5.44. The third-order valence-electron chi connectivity index (χ3n) is 5.66. The first-order chi connectivity index (χ1) is 13.4. The number of carbonyl (C=O) groups excluding carboxylic acids is 1. The van der Waals surface area contributed by atoms with Crippen molar-refractivity contribution in [2.24, 2.45) is 5.92 Å². The number of hydrogen-bond donors (Lipinski definition) is 0. The Bertz CT molecular complexity index is 997. The second kappa shape index (κ2) is 7.61. The first kappa shape index (κ1) is 19.6. The van der Waals surface area contributed by atoms with Crippen LogP contribution in [0.3, 0.4) is 0 Å². The van der Waals surface area contributed by atoms with Gasteiger partial charge in [0.25, 0.3) is 10.0 Å². The van der Waals surface area contributed by atoms with Gasteiger partial charge < -0.3 is 4.90 Å². The summed E-state index contributed by atoms with van der Waals surface area (Å²) in [5.74, 6) is -0.219. The van der Waals surface area contributed by atoms with E-state index in [-0.39, 0.29) is 18.4 Å². The number of thiophene rings is 1. The Labute approximate surface area is 171 Å². The van der Waals surface area contributed by atoms with Gasteiger partial charge in [-0.1, -0.05) is 17.7 Å². The van der Waals surface area contributed by atoms with Gasteiger partial charge in [0.2, 0.25) is 5.91 Å². The lowest BCUT2D eigenvalue weighted by molar-refractivity contribution is -0.123. The third kappa shape index (κ3) is 3.63. The lowest BCUT2D eigenvalue weighted by Crippen LogP contribution is -2.47. The van der Waals surface area contributed by atoms with Crippen LogP contribution in [0.4, 0.5) is 5.69 Å². The van der Waals surface area contributed by atoms with Crippen molar-refractivity contribution in [3.8, 4) is 0 Å². The molecular formula is C21H26N2O3S2. The number of piperidine rings is 1. The molecule has 1 aromatic carbocycles. The highest BCUT2D eigenvalue weighted by Crippen LogP contribution is 2.32. The Hall–Kier alpha value is -1.70. The molecule has 0 radical (unpaired) electrons. The molecular weight excluding hydrogens is 392 g/mol. The molecule has 5 nitrogen and oxygen atoms in total. The predicted octanol–water partition coefficient (Wildman–Crippen LogP) is 3.75. The maximum Gasteiger partial charge on any atom is 0.252 e. The molecule has 0 aliphatic carbocycles. The predicted molar refractivity (Wildman–Crippen MR) is 112 cm³/mol. The Morgan fingerprint density at radius 3 is 2.68 bits per heavy atom. The zero-order chi connectivity index (χ0) is 19.9. The summed E-state index contributed by atoms with van der Waals surface area (Å²) in [6.07, 6.45) is 3.40. The molecule has 7 heteroatoms. The number of amides is 1. The summed E-state index contributed by atoms with van der Waals surface area (Å²) in [5, 5.41) is 0. The van der Waals surface area contributed by atoms with Crippen molar-refractivity contribution in [3.63, 3.8) is 0 Å². The third-order valence-corrected chi connectivity index (χ3v) is 9.00. The first-order valence-corrected chi connectivity index (χ1v) is 12.1. The van der Waals surface area contributed by atoms with Crippen LogP contribution < -0.4 is 4.90 Å². The normalized spacial score (nSPS) is 20.8. The van der Waals surface area contributed by atoms with Gasteiger partial charge in [0.1, 0.15) is 4.21 Å². The summed E-state index contributed by atoms with van der Waals surface area (Å²) in [4.78, 5) is 16.2. The number of anilines is 1. The van der Waals surface area contributed by atoms with Crippen LogP contribution in [0.5, 0.6) is 0 Å². The van der Waals surface area contributed by atoms with Gasteiger partial charge in [-0.3, -0.25) is 4.79 Å². The minimum atomic E-state index is -3.52. The topological polar surface area (TPSA) is 57.7 Å². The number of sulfonamides is 1. The molecule has 0 bridgehead atoms. The Kier molecular flexibility index (Phi) is 5.33. The summed E-state index contributed by atoms with van der Waals surface area (Å²) in [6, 6.07) is 9.74. The summed E-state index contributed by atoms with van der Waals surface area (Å²) < 4.78 is 27.9. The van der Waals surface area contributed by atoms with E-state index in [2.05, 4.69) is 13.0 Å². The molecule has 150 valence electrons. The molecule has 1 aromatic heterocycles. The van der Waals surface area contributed by atoms with Crippen molar-refractivity contribution < 1.29 is 13.2 Å². The monoisotopic (exact) mass is 418 g/mol. The first-order valence-electron chi connectivity index (χ1n) is 9.84. The number of rotatable bonds is 3. The zero-order valence-electron chi connectivity index (χ0n) is 16.3. The van der Waals surface area contributed by atoms with Crippen LogP contribution in [0.25, 0.3) is 0 Å². The Morgan fingerprint density at radius 1 is 1.11 bits per heavy atom. The van der Waals surface area contributed by atoms with Crippen molar-refractivity contribution in [1.29, 1.82) is 0 Å². The molecule has 4 rings (SSSR count). The van der Waals surface area contributed by atoms with Gasteiger partial charge in [-0.25, -0.2) is 8.42 Å². The zero-order valence-corrected chi connectivity index (χ0v) is 18.0. The molecule has 2 aliphatic heterocycles.